The van der Waals surface area contributed by atoms with Gasteiger partial charge < -0.3 is 15.4 Å². The van der Waals surface area contributed by atoms with Gasteiger partial charge >= 0.3 is 6.09 Å². The molecule has 0 aromatic rings. The van der Waals surface area contributed by atoms with E-state index in [2.05, 4.69) is 4.74 Å². The van der Waals surface area contributed by atoms with Crippen LogP contribution in [-0.2, 0) is 14.3 Å². The summed E-state index contributed by atoms with van der Waals surface area (Å²) in [7, 11) is 1.28. The number of nitrogens with zero attached hydrogens (tertiary/aromatic N) is 1. The van der Waals surface area contributed by atoms with Gasteiger partial charge in [0, 0.05) is 19.5 Å². The SMILES string of the molecule is COC(=O)N1CCC(=O)C(C(N)=O)CC1. The molecular weight excluding hydrogens is 200 g/mol. The largest absolute Gasteiger partial charge is 0.453 e. The van der Waals surface area contributed by atoms with E-state index < -0.39 is 17.9 Å². The van der Waals surface area contributed by atoms with Crippen LogP contribution in [0.1, 0.15) is 12.8 Å². The number of carbonyl (C=O) groups excluding carboxylic acids is 3. The van der Waals surface area contributed by atoms with Crippen LogP contribution in [0.3, 0.4) is 0 Å². The highest BCUT2D eigenvalue weighted by atomic mass is 16.5. The Morgan fingerprint density at radius 1 is 1.47 bits per heavy atom. The number of hydrogen-bond acceptors (Lipinski definition) is 4. The number of rotatable bonds is 1. The Morgan fingerprint density at radius 3 is 2.67 bits per heavy atom. The first-order valence-corrected chi connectivity index (χ1v) is 4.71. The normalized spacial score (nSPS) is 22.1. The lowest BCUT2D eigenvalue weighted by molar-refractivity contribution is -0.131. The van der Waals surface area contributed by atoms with Crippen LogP contribution in [0.25, 0.3) is 0 Å². The van der Waals surface area contributed by atoms with E-state index in [1.165, 1.54) is 12.0 Å². The predicted octanol–water partition coefficient (Wildman–Crippen LogP) is -0.481. The van der Waals surface area contributed by atoms with Gasteiger partial charge in [0.15, 0.2) is 0 Å². The molecule has 1 saturated heterocycles. The number of primary amides is 1. The average molecular weight is 214 g/mol. The predicted molar refractivity (Wildman–Crippen MR) is 50.9 cm³/mol. The topological polar surface area (TPSA) is 89.7 Å². The summed E-state index contributed by atoms with van der Waals surface area (Å²) in [6.45, 7) is 0.612. The number of methoxy groups -OCH3 is 1. The van der Waals surface area contributed by atoms with Gasteiger partial charge in [-0.3, -0.25) is 9.59 Å². The molecule has 0 spiro atoms. The first-order chi connectivity index (χ1) is 7.06. The molecule has 1 aliphatic rings. The van der Waals surface area contributed by atoms with Crippen LogP contribution >= 0.6 is 0 Å². The fourth-order valence-corrected chi connectivity index (χ4v) is 1.59. The van der Waals surface area contributed by atoms with E-state index in [0.29, 0.717) is 6.54 Å². The summed E-state index contributed by atoms with van der Waals surface area (Å²) in [5.41, 5.74) is 5.09. The molecule has 0 aromatic heterocycles. The number of hydrogen-bond donors (Lipinski definition) is 1. The summed E-state index contributed by atoms with van der Waals surface area (Å²) in [5.74, 6) is -1.58. The molecule has 1 fully saturated rings. The number of nitrogens with two attached hydrogens (primary N) is 1. The zero-order valence-electron chi connectivity index (χ0n) is 8.56. The highest BCUT2D eigenvalue weighted by molar-refractivity contribution is 6.01. The van der Waals surface area contributed by atoms with Gasteiger partial charge in [-0.25, -0.2) is 4.79 Å². The minimum Gasteiger partial charge on any atom is -0.453 e. The highest BCUT2D eigenvalue weighted by Gasteiger charge is 2.29. The third-order valence-corrected chi connectivity index (χ3v) is 2.48. The Labute approximate surface area is 87.4 Å². The molecule has 0 saturated carbocycles. The van der Waals surface area contributed by atoms with Crippen molar-refractivity contribution in [3.63, 3.8) is 0 Å². The molecule has 1 aliphatic heterocycles. The van der Waals surface area contributed by atoms with Crippen molar-refractivity contribution in [1.29, 1.82) is 0 Å². The third kappa shape index (κ3) is 2.68. The van der Waals surface area contributed by atoms with Crippen molar-refractivity contribution in [2.24, 2.45) is 11.7 Å². The molecule has 0 bridgehead atoms. The Morgan fingerprint density at radius 2 is 2.13 bits per heavy atom. The van der Waals surface area contributed by atoms with Gasteiger partial charge in [-0.1, -0.05) is 0 Å². The maximum atomic E-state index is 11.4. The Bertz CT molecular complexity index is 290. The Balaban J connectivity index is 2.65. The van der Waals surface area contributed by atoms with Gasteiger partial charge in [-0.2, -0.15) is 0 Å². The summed E-state index contributed by atoms with van der Waals surface area (Å²) >= 11 is 0. The number of carbonyl (C=O) groups is 3. The molecular formula is C9H14N2O4. The van der Waals surface area contributed by atoms with Crippen molar-refractivity contribution in [3.8, 4) is 0 Å². The van der Waals surface area contributed by atoms with Crippen molar-refractivity contribution >= 4 is 17.8 Å². The summed E-state index contributed by atoms with van der Waals surface area (Å²) in [5, 5.41) is 0. The smallest absolute Gasteiger partial charge is 0.409 e. The van der Waals surface area contributed by atoms with Crippen LogP contribution in [0, 0.1) is 5.92 Å². The Kier molecular flexibility index (Phi) is 3.65. The number of amides is 2. The molecule has 1 atom stereocenters. The lowest BCUT2D eigenvalue weighted by atomic mass is 9.99. The standard InChI is InChI=1S/C9H14N2O4/c1-15-9(14)11-4-2-6(8(10)13)7(12)3-5-11/h6H,2-5H2,1H3,(H2,10,13). The molecule has 15 heavy (non-hydrogen) atoms. The molecule has 1 unspecified atom stereocenters. The summed E-state index contributed by atoms with van der Waals surface area (Å²) in [4.78, 5) is 34.9. The average Bonchev–Trinajstić information content (AvgIpc) is 2.39. The fourth-order valence-electron chi connectivity index (χ4n) is 1.59. The number of Topliss-reactive ketones (excluding diaryl/α,β-unsaturated/α-hetero) is 1. The van der Waals surface area contributed by atoms with Crippen molar-refractivity contribution in [1.82, 2.24) is 4.90 Å². The van der Waals surface area contributed by atoms with Gasteiger partial charge in [0.05, 0.1) is 13.0 Å². The fraction of sp³-hybridized carbons (Fsp3) is 0.667. The number of likely N-dealkylation sites (tertiary alicyclic amines) is 1. The van der Waals surface area contributed by atoms with E-state index in [0.717, 1.165) is 0 Å². The molecule has 0 aromatic carbocycles. The second-order valence-corrected chi connectivity index (χ2v) is 3.42. The van der Waals surface area contributed by atoms with E-state index in [1.54, 1.807) is 0 Å². The van der Waals surface area contributed by atoms with Crippen molar-refractivity contribution in [2.45, 2.75) is 12.8 Å². The molecule has 2 amide bonds. The maximum Gasteiger partial charge on any atom is 0.409 e. The molecule has 1 heterocycles. The molecule has 84 valence electrons. The highest BCUT2D eigenvalue weighted by Crippen LogP contribution is 2.14. The summed E-state index contributed by atoms with van der Waals surface area (Å²) < 4.78 is 4.54. The van der Waals surface area contributed by atoms with Crippen molar-refractivity contribution in [2.75, 3.05) is 20.2 Å². The lowest BCUT2D eigenvalue weighted by Crippen LogP contribution is -2.32. The first kappa shape index (κ1) is 11.5. The van der Waals surface area contributed by atoms with Gasteiger partial charge in [0.25, 0.3) is 0 Å². The zero-order chi connectivity index (χ0) is 11.4. The summed E-state index contributed by atoms with van der Waals surface area (Å²) in [6, 6.07) is 0. The number of ether oxygens (including phenoxy) is 1. The van der Waals surface area contributed by atoms with Crippen LogP contribution in [0.4, 0.5) is 4.79 Å². The van der Waals surface area contributed by atoms with Crippen molar-refractivity contribution < 1.29 is 19.1 Å². The monoisotopic (exact) mass is 214 g/mol. The van der Waals surface area contributed by atoms with Gasteiger partial charge in [-0.15, -0.1) is 0 Å². The maximum absolute atomic E-state index is 11.4. The van der Waals surface area contributed by atoms with E-state index in [-0.39, 0.29) is 25.2 Å². The van der Waals surface area contributed by atoms with Crippen LogP contribution in [0.15, 0.2) is 0 Å². The molecule has 6 heteroatoms. The number of ketones is 1. The van der Waals surface area contributed by atoms with Crippen LogP contribution in [-0.4, -0.2) is 42.9 Å². The molecule has 1 rings (SSSR count). The van der Waals surface area contributed by atoms with Crippen molar-refractivity contribution in [3.05, 3.63) is 0 Å². The van der Waals surface area contributed by atoms with Gasteiger partial charge in [0.1, 0.15) is 5.78 Å². The minimum atomic E-state index is -0.764. The molecule has 6 nitrogen and oxygen atoms in total. The van der Waals surface area contributed by atoms with Crippen LogP contribution in [0.2, 0.25) is 0 Å². The van der Waals surface area contributed by atoms with Crippen LogP contribution in [0.5, 0.6) is 0 Å². The lowest BCUT2D eigenvalue weighted by Gasteiger charge is -2.17. The molecule has 0 radical (unpaired) electrons. The second-order valence-electron chi connectivity index (χ2n) is 3.42. The quantitative estimate of drug-likeness (QED) is 0.597. The van der Waals surface area contributed by atoms with E-state index >= 15 is 0 Å². The van der Waals surface area contributed by atoms with E-state index in [4.69, 9.17) is 5.73 Å². The van der Waals surface area contributed by atoms with Gasteiger partial charge in [0.2, 0.25) is 5.91 Å². The van der Waals surface area contributed by atoms with E-state index in [1.807, 2.05) is 0 Å². The molecule has 0 aliphatic carbocycles. The first-order valence-electron chi connectivity index (χ1n) is 4.71. The summed E-state index contributed by atoms with van der Waals surface area (Å²) in [6.07, 6.45) is -0.0423. The van der Waals surface area contributed by atoms with E-state index in [9.17, 15) is 14.4 Å². The second kappa shape index (κ2) is 4.77. The third-order valence-electron chi connectivity index (χ3n) is 2.48. The molecule has 2 N–H and O–H groups in total. The van der Waals surface area contributed by atoms with Gasteiger partial charge in [-0.05, 0) is 6.42 Å². The minimum absolute atomic E-state index is 0.155. The Hall–Kier alpha value is -1.59. The van der Waals surface area contributed by atoms with Crippen LogP contribution < -0.4 is 5.73 Å². The zero-order valence-corrected chi connectivity index (χ0v) is 8.56.